The zero-order valence-corrected chi connectivity index (χ0v) is 12.4. The number of hydrogen-bond donors (Lipinski definition) is 2. The van der Waals surface area contributed by atoms with Crippen LogP contribution >= 0.6 is 0 Å². The van der Waals surface area contributed by atoms with Crippen LogP contribution in [0.15, 0.2) is 18.2 Å². The molecule has 0 bridgehead atoms. The summed E-state index contributed by atoms with van der Waals surface area (Å²) in [4.78, 5) is 2.61. The molecule has 2 atom stereocenters. The zero-order valence-electron chi connectivity index (χ0n) is 12.4. The molecule has 20 heavy (non-hydrogen) atoms. The SMILES string of the molecule is CC(C)Oc1cc(NC2CCN3CCCC23)ccc1N. The molecule has 4 nitrogen and oxygen atoms in total. The monoisotopic (exact) mass is 275 g/mol. The topological polar surface area (TPSA) is 50.5 Å². The molecule has 2 heterocycles. The summed E-state index contributed by atoms with van der Waals surface area (Å²) in [5.41, 5.74) is 7.80. The van der Waals surface area contributed by atoms with Crippen molar-refractivity contribution in [1.82, 2.24) is 4.90 Å². The number of fused-ring (bicyclic) bond motifs is 1. The number of rotatable bonds is 4. The smallest absolute Gasteiger partial charge is 0.144 e. The fraction of sp³-hybridized carbons (Fsp3) is 0.625. The molecule has 0 aromatic heterocycles. The second kappa shape index (κ2) is 5.52. The summed E-state index contributed by atoms with van der Waals surface area (Å²) in [5, 5.41) is 3.68. The van der Waals surface area contributed by atoms with E-state index in [4.69, 9.17) is 10.5 Å². The molecule has 2 saturated heterocycles. The van der Waals surface area contributed by atoms with Gasteiger partial charge in [0.15, 0.2) is 0 Å². The first-order valence-electron chi connectivity index (χ1n) is 7.70. The number of nitrogens with two attached hydrogens (primary N) is 1. The number of anilines is 2. The van der Waals surface area contributed by atoms with Gasteiger partial charge in [0.25, 0.3) is 0 Å². The van der Waals surface area contributed by atoms with Gasteiger partial charge in [-0.25, -0.2) is 0 Å². The third-order valence-electron chi connectivity index (χ3n) is 4.33. The van der Waals surface area contributed by atoms with Crippen molar-refractivity contribution in [1.29, 1.82) is 0 Å². The van der Waals surface area contributed by atoms with E-state index in [2.05, 4.69) is 16.3 Å². The lowest BCUT2D eigenvalue weighted by atomic mass is 10.1. The van der Waals surface area contributed by atoms with Crippen molar-refractivity contribution >= 4 is 11.4 Å². The van der Waals surface area contributed by atoms with Crippen LogP contribution in [0.4, 0.5) is 11.4 Å². The van der Waals surface area contributed by atoms with Crippen LogP contribution < -0.4 is 15.8 Å². The van der Waals surface area contributed by atoms with Gasteiger partial charge < -0.3 is 15.8 Å². The van der Waals surface area contributed by atoms with E-state index in [0.29, 0.717) is 17.8 Å². The van der Waals surface area contributed by atoms with Crippen LogP contribution in [-0.2, 0) is 0 Å². The summed E-state index contributed by atoms with van der Waals surface area (Å²) in [5.74, 6) is 0.784. The summed E-state index contributed by atoms with van der Waals surface area (Å²) < 4.78 is 5.76. The van der Waals surface area contributed by atoms with Crippen molar-refractivity contribution in [3.05, 3.63) is 18.2 Å². The molecular weight excluding hydrogens is 250 g/mol. The first kappa shape index (κ1) is 13.6. The highest BCUT2D eigenvalue weighted by Gasteiger charge is 2.36. The molecule has 0 radical (unpaired) electrons. The van der Waals surface area contributed by atoms with Crippen molar-refractivity contribution < 1.29 is 4.74 Å². The first-order valence-corrected chi connectivity index (χ1v) is 7.70. The highest BCUT2D eigenvalue weighted by atomic mass is 16.5. The van der Waals surface area contributed by atoms with E-state index in [1.54, 1.807) is 0 Å². The minimum absolute atomic E-state index is 0.143. The molecular formula is C16H25N3O. The Morgan fingerprint density at radius 1 is 1.30 bits per heavy atom. The van der Waals surface area contributed by atoms with Crippen molar-refractivity contribution in [2.45, 2.75) is 51.3 Å². The fourth-order valence-electron chi connectivity index (χ4n) is 3.45. The van der Waals surface area contributed by atoms with Crippen LogP contribution in [-0.4, -0.2) is 36.2 Å². The van der Waals surface area contributed by atoms with Crippen LogP contribution in [0.5, 0.6) is 5.75 Å². The van der Waals surface area contributed by atoms with Gasteiger partial charge >= 0.3 is 0 Å². The lowest BCUT2D eigenvalue weighted by Crippen LogP contribution is -2.33. The molecule has 110 valence electrons. The molecule has 0 saturated carbocycles. The maximum Gasteiger partial charge on any atom is 0.144 e. The Hall–Kier alpha value is -1.42. The highest BCUT2D eigenvalue weighted by Crippen LogP contribution is 2.32. The second-order valence-corrected chi connectivity index (χ2v) is 6.20. The van der Waals surface area contributed by atoms with E-state index in [0.717, 1.165) is 11.4 Å². The molecule has 2 unspecified atom stereocenters. The van der Waals surface area contributed by atoms with Crippen molar-refractivity contribution in [2.75, 3.05) is 24.1 Å². The summed E-state index contributed by atoms with van der Waals surface area (Å²) in [6, 6.07) is 7.30. The van der Waals surface area contributed by atoms with Gasteiger partial charge in [-0.05, 0) is 51.8 Å². The lowest BCUT2D eigenvalue weighted by Gasteiger charge is -2.23. The first-order chi connectivity index (χ1) is 9.63. The molecule has 3 N–H and O–H groups in total. The fourth-order valence-corrected chi connectivity index (χ4v) is 3.45. The Balaban J connectivity index is 1.71. The largest absolute Gasteiger partial charge is 0.489 e. The van der Waals surface area contributed by atoms with E-state index in [1.165, 1.54) is 32.4 Å². The Morgan fingerprint density at radius 3 is 2.95 bits per heavy atom. The van der Waals surface area contributed by atoms with Crippen LogP contribution in [0, 0.1) is 0 Å². The minimum atomic E-state index is 0.143. The third-order valence-corrected chi connectivity index (χ3v) is 4.33. The molecule has 2 fully saturated rings. The second-order valence-electron chi connectivity index (χ2n) is 6.20. The van der Waals surface area contributed by atoms with Gasteiger partial charge in [-0.15, -0.1) is 0 Å². The Bertz CT molecular complexity index is 475. The van der Waals surface area contributed by atoms with Crippen LogP contribution in [0.1, 0.15) is 33.1 Å². The Morgan fingerprint density at radius 2 is 2.15 bits per heavy atom. The molecule has 1 aromatic carbocycles. The lowest BCUT2D eigenvalue weighted by molar-refractivity contribution is 0.244. The molecule has 4 heteroatoms. The predicted octanol–water partition coefficient (Wildman–Crippen LogP) is 2.70. The number of ether oxygens (including phenoxy) is 1. The van der Waals surface area contributed by atoms with E-state index in [1.807, 2.05) is 26.0 Å². The number of nitrogens with zero attached hydrogens (tertiary/aromatic N) is 1. The number of nitrogens with one attached hydrogen (secondary N) is 1. The summed E-state index contributed by atoms with van der Waals surface area (Å²) in [7, 11) is 0. The molecule has 2 aliphatic heterocycles. The quantitative estimate of drug-likeness (QED) is 0.830. The third kappa shape index (κ3) is 2.70. The maximum atomic E-state index is 5.97. The normalized spacial score (nSPS) is 25.9. The molecule has 0 aliphatic carbocycles. The van der Waals surface area contributed by atoms with Crippen LogP contribution in [0.3, 0.4) is 0 Å². The Labute approximate surface area is 121 Å². The maximum absolute atomic E-state index is 5.97. The summed E-state index contributed by atoms with van der Waals surface area (Å²) in [6.45, 7) is 6.54. The number of benzene rings is 1. The zero-order chi connectivity index (χ0) is 14.1. The summed E-state index contributed by atoms with van der Waals surface area (Å²) in [6.07, 6.45) is 4.04. The highest BCUT2D eigenvalue weighted by molar-refractivity contribution is 5.61. The standard InChI is InChI=1S/C16H25N3O/c1-11(2)20-16-10-12(5-6-13(16)17)18-14-7-9-19-8-3-4-15(14)19/h5-6,10-11,14-15,18H,3-4,7-9,17H2,1-2H3. The molecule has 0 amide bonds. The van der Waals surface area contributed by atoms with Gasteiger partial charge in [-0.1, -0.05) is 0 Å². The van der Waals surface area contributed by atoms with Crippen LogP contribution in [0.2, 0.25) is 0 Å². The van der Waals surface area contributed by atoms with E-state index in [9.17, 15) is 0 Å². The van der Waals surface area contributed by atoms with Gasteiger partial charge in [-0.2, -0.15) is 0 Å². The van der Waals surface area contributed by atoms with Gasteiger partial charge in [0, 0.05) is 30.4 Å². The van der Waals surface area contributed by atoms with Gasteiger partial charge in [-0.3, -0.25) is 4.90 Å². The molecule has 1 aromatic rings. The van der Waals surface area contributed by atoms with Gasteiger partial charge in [0.2, 0.25) is 0 Å². The molecule has 2 aliphatic rings. The summed E-state index contributed by atoms with van der Waals surface area (Å²) >= 11 is 0. The molecule has 3 rings (SSSR count). The van der Waals surface area contributed by atoms with Crippen molar-refractivity contribution in [2.24, 2.45) is 0 Å². The van der Waals surface area contributed by atoms with Crippen molar-refractivity contribution in [3.8, 4) is 5.75 Å². The number of hydrogen-bond acceptors (Lipinski definition) is 4. The average Bonchev–Trinajstić information content (AvgIpc) is 2.98. The average molecular weight is 275 g/mol. The number of nitrogen functional groups attached to an aromatic ring is 1. The van der Waals surface area contributed by atoms with E-state index < -0.39 is 0 Å². The van der Waals surface area contributed by atoms with Gasteiger partial charge in [0.1, 0.15) is 5.75 Å². The van der Waals surface area contributed by atoms with Crippen molar-refractivity contribution in [3.63, 3.8) is 0 Å². The predicted molar refractivity (Wildman–Crippen MR) is 83.2 cm³/mol. The Kier molecular flexibility index (Phi) is 3.74. The minimum Gasteiger partial charge on any atom is -0.489 e. The van der Waals surface area contributed by atoms with E-state index >= 15 is 0 Å². The van der Waals surface area contributed by atoms with E-state index in [-0.39, 0.29) is 6.10 Å². The van der Waals surface area contributed by atoms with Crippen LogP contribution in [0.25, 0.3) is 0 Å². The molecule has 0 spiro atoms. The van der Waals surface area contributed by atoms with Gasteiger partial charge in [0.05, 0.1) is 11.8 Å².